The molecule has 0 spiro atoms. The predicted octanol–water partition coefficient (Wildman–Crippen LogP) is 2.79. The molecule has 2 heterocycles. The molecule has 1 atom stereocenters. The summed E-state index contributed by atoms with van der Waals surface area (Å²) in [4.78, 5) is 12.7. The number of aryl methyl sites for hydroxylation is 1. The van der Waals surface area contributed by atoms with Gasteiger partial charge in [0.05, 0.1) is 10.8 Å². The van der Waals surface area contributed by atoms with Gasteiger partial charge < -0.3 is 5.32 Å². The summed E-state index contributed by atoms with van der Waals surface area (Å²) in [5, 5.41) is 12.4. The predicted molar refractivity (Wildman–Crippen MR) is 101 cm³/mol. The van der Waals surface area contributed by atoms with Gasteiger partial charge in [-0.2, -0.15) is 4.31 Å². The maximum Gasteiger partial charge on any atom is 0.243 e. The van der Waals surface area contributed by atoms with Crippen molar-refractivity contribution in [2.24, 2.45) is 5.92 Å². The van der Waals surface area contributed by atoms with Crippen LogP contribution in [-0.2, 0) is 21.2 Å². The van der Waals surface area contributed by atoms with Crippen LogP contribution in [0, 0.1) is 5.92 Å². The first kappa shape index (κ1) is 19.2. The Bertz CT molecular complexity index is 883. The van der Waals surface area contributed by atoms with Crippen molar-refractivity contribution in [1.29, 1.82) is 0 Å². The van der Waals surface area contributed by atoms with Crippen molar-refractivity contribution >= 4 is 44.0 Å². The highest BCUT2D eigenvalue weighted by Gasteiger charge is 2.33. The smallest absolute Gasteiger partial charge is 0.243 e. The maximum absolute atomic E-state index is 12.8. The number of carbonyl (C=O) groups is 1. The molecule has 1 fully saturated rings. The Morgan fingerprint density at radius 1 is 1.35 bits per heavy atom. The number of nitrogens with zero attached hydrogens (tertiary/aromatic N) is 3. The molecule has 1 aliphatic rings. The lowest BCUT2D eigenvalue weighted by Crippen LogP contribution is -2.43. The molecule has 1 aromatic carbocycles. The number of hydrogen-bond donors (Lipinski definition) is 1. The molecule has 1 aromatic heterocycles. The Balaban J connectivity index is 1.70. The molecular formula is C16H19ClN4O3S2. The first-order chi connectivity index (χ1) is 12.4. The van der Waals surface area contributed by atoms with E-state index in [1.807, 2.05) is 6.92 Å². The molecule has 1 saturated heterocycles. The van der Waals surface area contributed by atoms with Gasteiger partial charge in [-0.3, -0.25) is 4.79 Å². The van der Waals surface area contributed by atoms with Crippen LogP contribution in [0.15, 0.2) is 29.2 Å². The molecule has 0 bridgehead atoms. The van der Waals surface area contributed by atoms with Crippen LogP contribution in [-0.4, -0.2) is 41.9 Å². The Morgan fingerprint density at radius 2 is 2.08 bits per heavy atom. The molecule has 10 heteroatoms. The normalized spacial score (nSPS) is 18.6. The van der Waals surface area contributed by atoms with E-state index in [0.717, 1.165) is 11.4 Å². The number of carbonyl (C=O) groups excluding carboxylic acids is 1. The number of aromatic nitrogens is 2. The summed E-state index contributed by atoms with van der Waals surface area (Å²) in [6, 6.07) is 6.05. The van der Waals surface area contributed by atoms with E-state index < -0.39 is 15.9 Å². The van der Waals surface area contributed by atoms with E-state index in [1.54, 1.807) is 12.1 Å². The molecule has 1 aliphatic heterocycles. The second-order valence-corrected chi connectivity index (χ2v) is 9.44. The summed E-state index contributed by atoms with van der Waals surface area (Å²) in [5.41, 5.74) is 0. The third-order valence-corrected chi connectivity index (χ3v) is 7.32. The lowest BCUT2D eigenvalue weighted by molar-refractivity contribution is -0.120. The Hall–Kier alpha value is -1.55. The van der Waals surface area contributed by atoms with Gasteiger partial charge in [-0.25, -0.2) is 8.42 Å². The fourth-order valence-corrected chi connectivity index (χ4v) is 5.12. The third-order valence-electron chi connectivity index (χ3n) is 4.21. The van der Waals surface area contributed by atoms with Gasteiger partial charge in [0, 0.05) is 18.1 Å². The topological polar surface area (TPSA) is 92.3 Å². The minimum atomic E-state index is -3.65. The number of hydrogen-bond acceptors (Lipinski definition) is 6. The average molecular weight is 415 g/mol. The van der Waals surface area contributed by atoms with Crippen LogP contribution >= 0.6 is 22.9 Å². The van der Waals surface area contributed by atoms with E-state index >= 15 is 0 Å². The largest absolute Gasteiger partial charge is 0.300 e. The van der Waals surface area contributed by atoms with Crippen LogP contribution in [0.2, 0.25) is 5.02 Å². The van der Waals surface area contributed by atoms with E-state index in [2.05, 4.69) is 15.5 Å². The molecule has 0 aliphatic carbocycles. The van der Waals surface area contributed by atoms with Crippen molar-refractivity contribution in [3.8, 4) is 0 Å². The summed E-state index contributed by atoms with van der Waals surface area (Å²) in [6.45, 7) is 2.51. The van der Waals surface area contributed by atoms with E-state index in [4.69, 9.17) is 11.6 Å². The van der Waals surface area contributed by atoms with Gasteiger partial charge in [-0.05, 0) is 43.5 Å². The van der Waals surface area contributed by atoms with Gasteiger partial charge in [0.2, 0.25) is 21.1 Å². The monoisotopic (exact) mass is 414 g/mol. The molecule has 140 valence electrons. The summed E-state index contributed by atoms with van der Waals surface area (Å²) < 4.78 is 27.0. The standard InChI is InChI=1S/C16H19ClN4O3S2/c1-2-14-19-20-16(25-14)18-15(22)11-4-3-9-21(10-11)26(23,24)13-7-5-12(17)6-8-13/h5-8,11H,2-4,9-10H2,1H3,(H,18,20,22). The van der Waals surface area contributed by atoms with Crippen LogP contribution in [0.5, 0.6) is 0 Å². The van der Waals surface area contributed by atoms with Crippen LogP contribution in [0.25, 0.3) is 0 Å². The summed E-state index contributed by atoms with van der Waals surface area (Å²) in [7, 11) is -3.65. The minimum absolute atomic E-state index is 0.149. The van der Waals surface area contributed by atoms with Gasteiger partial charge in [0.15, 0.2) is 0 Å². The summed E-state index contributed by atoms with van der Waals surface area (Å²) >= 11 is 7.16. The number of nitrogens with one attached hydrogen (secondary N) is 1. The van der Waals surface area contributed by atoms with Crippen LogP contribution < -0.4 is 5.32 Å². The fourth-order valence-electron chi connectivity index (χ4n) is 2.78. The fraction of sp³-hybridized carbons (Fsp3) is 0.438. The lowest BCUT2D eigenvalue weighted by atomic mass is 9.99. The summed E-state index contributed by atoms with van der Waals surface area (Å²) in [5.74, 6) is -0.639. The molecular weight excluding hydrogens is 396 g/mol. The number of halogens is 1. The zero-order chi connectivity index (χ0) is 18.7. The lowest BCUT2D eigenvalue weighted by Gasteiger charge is -2.31. The number of sulfonamides is 1. The van der Waals surface area contributed by atoms with E-state index in [-0.39, 0.29) is 17.3 Å². The first-order valence-electron chi connectivity index (χ1n) is 8.29. The second-order valence-electron chi connectivity index (χ2n) is 6.00. The molecule has 1 N–H and O–H groups in total. The van der Waals surface area contributed by atoms with Crippen LogP contribution in [0.3, 0.4) is 0 Å². The van der Waals surface area contributed by atoms with E-state index in [9.17, 15) is 13.2 Å². The number of benzene rings is 1. The van der Waals surface area contributed by atoms with Gasteiger partial charge in [-0.15, -0.1) is 10.2 Å². The molecule has 0 saturated carbocycles. The quantitative estimate of drug-likeness (QED) is 0.812. The van der Waals surface area contributed by atoms with Crippen molar-refractivity contribution in [2.75, 3.05) is 18.4 Å². The maximum atomic E-state index is 12.8. The van der Waals surface area contributed by atoms with Crippen molar-refractivity contribution in [3.05, 3.63) is 34.3 Å². The van der Waals surface area contributed by atoms with Crippen LogP contribution in [0.4, 0.5) is 5.13 Å². The molecule has 26 heavy (non-hydrogen) atoms. The molecule has 7 nitrogen and oxygen atoms in total. The molecule has 1 amide bonds. The zero-order valence-electron chi connectivity index (χ0n) is 14.2. The van der Waals surface area contributed by atoms with Gasteiger partial charge in [0.25, 0.3) is 0 Å². The molecule has 2 aromatic rings. The Labute approximate surface area is 161 Å². The van der Waals surface area contributed by atoms with Crippen molar-refractivity contribution in [3.63, 3.8) is 0 Å². The van der Waals surface area contributed by atoms with Crippen molar-refractivity contribution < 1.29 is 13.2 Å². The minimum Gasteiger partial charge on any atom is -0.300 e. The first-order valence-corrected chi connectivity index (χ1v) is 10.9. The highest BCUT2D eigenvalue weighted by Crippen LogP contribution is 2.26. The Morgan fingerprint density at radius 3 is 2.73 bits per heavy atom. The zero-order valence-corrected chi connectivity index (χ0v) is 16.6. The van der Waals surface area contributed by atoms with Crippen LogP contribution in [0.1, 0.15) is 24.8 Å². The molecule has 1 unspecified atom stereocenters. The van der Waals surface area contributed by atoms with Crippen molar-refractivity contribution in [1.82, 2.24) is 14.5 Å². The summed E-state index contributed by atoms with van der Waals surface area (Å²) in [6.07, 6.45) is 2.02. The third kappa shape index (κ3) is 4.22. The van der Waals surface area contributed by atoms with Crippen molar-refractivity contribution in [2.45, 2.75) is 31.1 Å². The number of piperidine rings is 1. The number of amides is 1. The average Bonchev–Trinajstić information content (AvgIpc) is 3.10. The van der Waals surface area contributed by atoms with Gasteiger partial charge in [-0.1, -0.05) is 29.9 Å². The van der Waals surface area contributed by atoms with E-state index in [0.29, 0.717) is 29.5 Å². The van der Waals surface area contributed by atoms with Gasteiger partial charge in [0.1, 0.15) is 5.01 Å². The highest BCUT2D eigenvalue weighted by molar-refractivity contribution is 7.89. The second kappa shape index (κ2) is 7.99. The number of rotatable bonds is 5. The molecule has 3 rings (SSSR count). The van der Waals surface area contributed by atoms with E-state index in [1.165, 1.54) is 27.8 Å². The molecule has 0 radical (unpaired) electrons. The SMILES string of the molecule is CCc1nnc(NC(=O)C2CCCN(S(=O)(=O)c3ccc(Cl)cc3)C2)s1. The van der Waals surface area contributed by atoms with Gasteiger partial charge >= 0.3 is 0 Å². The highest BCUT2D eigenvalue weighted by atomic mass is 35.5. The Kier molecular flexibility index (Phi) is 5.91. The number of anilines is 1.